The summed E-state index contributed by atoms with van der Waals surface area (Å²) in [5, 5.41) is 13.2. The SMILES string of the molecule is COc1c(N2CCC(Nc3ccccc3)C(C)(C)C2)c(F)cc2c(=O)c(C(=O)O)cn(C3CC3)c12.Cl. The number of fused-ring (bicyclic) bond motifs is 1. The van der Waals surface area contributed by atoms with Crippen molar-refractivity contribution in [3.8, 4) is 5.75 Å². The minimum atomic E-state index is -1.32. The Balaban J connectivity index is 0.00000304. The van der Waals surface area contributed by atoms with Crippen LogP contribution in [0.25, 0.3) is 10.9 Å². The summed E-state index contributed by atoms with van der Waals surface area (Å²) in [6.07, 6.45) is 3.91. The molecule has 2 heterocycles. The van der Waals surface area contributed by atoms with Crippen molar-refractivity contribution in [3.05, 3.63) is 64.2 Å². The van der Waals surface area contributed by atoms with Gasteiger partial charge in [0.05, 0.1) is 18.0 Å². The molecule has 9 heteroatoms. The van der Waals surface area contributed by atoms with E-state index in [-0.39, 0.29) is 46.6 Å². The van der Waals surface area contributed by atoms with Crippen LogP contribution in [0.4, 0.5) is 15.8 Å². The van der Waals surface area contributed by atoms with Crippen LogP contribution in [-0.2, 0) is 0 Å². The van der Waals surface area contributed by atoms with Crippen molar-refractivity contribution < 1.29 is 19.0 Å². The Kier molecular flexibility index (Phi) is 6.92. The van der Waals surface area contributed by atoms with Crippen molar-refractivity contribution in [3.63, 3.8) is 0 Å². The fraction of sp³-hybridized carbons (Fsp3) is 0.407. The molecule has 1 aliphatic heterocycles. The van der Waals surface area contributed by atoms with Gasteiger partial charge in [0.15, 0.2) is 11.6 Å². The van der Waals surface area contributed by atoms with Gasteiger partial charge in [0.1, 0.15) is 11.3 Å². The average Bonchev–Trinajstić information content (AvgIpc) is 3.66. The number of carbonyl (C=O) groups is 1. The first-order chi connectivity index (χ1) is 16.7. The predicted molar refractivity (Wildman–Crippen MR) is 142 cm³/mol. The molecular formula is C27H31ClFN3O4. The second-order valence-electron chi connectivity index (χ2n) is 10.2. The van der Waals surface area contributed by atoms with E-state index in [1.54, 1.807) is 4.57 Å². The molecule has 1 aromatic heterocycles. The standard InChI is InChI=1S/C27H30FN3O4.ClH/c1-27(2)15-30(12-11-21(27)29-16-7-5-4-6-8-16)23-20(28)13-18-22(25(23)35-3)31(17-9-10-17)14-19(24(18)32)26(33)34;/h4-8,13-14,17,21,29H,9-12,15H2,1-3H3,(H,33,34);1H. The van der Waals surface area contributed by atoms with Gasteiger partial charge in [-0.05, 0) is 37.5 Å². The van der Waals surface area contributed by atoms with E-state index in [2.05, 4.69) is 19.2 Å². The van der Waals surface area contributed by atoms with Crippen molar-refractivity contribution >= 4 is 40.7 Å². The van der Waals surface area contributed by atoms with Crippen molar-refractivity contribution in [2.75, 3.05) is 30.4 Å². The van der Waals surface area contributed by atoms with E-state index >= 15 is 4.39 Å². The number of piperidine rings is 1. The lowest BCUT2D eigenvalue weighted by atomic mass is 9.78. The number of anilines is 2. The molecule has 2 aromatic carbocycles. The van der Waals surface area contributed by atoms with Crippen LogP contribution in [0.5, 0.6) is 5.75 Å². The summed E-state index contributed by atoms with van der Waals surface area (Å²) >= 11 is 0. The minimum absolute atomic E-state index is 0. The second-order valence-corrected chi connectivity index (χ2v) is 10.2. The number of aromatic carboxylic acids is 1. The first kappa shape index (κ1) is 25.8. The maximum Gasteiger partial charge on any atom is 0.341 e. The molecule has 0 amide bonds. The number of benzene rings is 2. The number of rotatable bonds is 6. The number of pyridine rings is 1. The van der Waals surface area contributed by atoms with Gasteiger partial charge < -0.3 is 24.6 Å². The molecule has 0 radical (unpaired) electrons. The Bertz CT molecular complexity index is 1350. The molecule has 1 aliphatic carbocycles. The summed E-state index contributed by atoms with van der Waals surface area (Å²) < 4.78 is 23.2. The zero-order chi connectivity index (χ0) is 24.9. The number of aromatic nitrogens is 1. The molecule has 1 saturated carbocycles. The first-order valence-corrected chi connectivity index (χ1v) is 12.0. The predicted octanol–water partition coefficient (Wildman–Crippen LogP) is 5.32. The van der Waals surface area contributed by atoms with Gasteiger partial charge in [-0.25, -0.2) is 9.18 Å². The van der Waals surface area contributed by atoms with E-state index in [4.69, 9.17) is 4.74 Å². The number of para-hydroxylation sites is 1. The molecule has 5 rings (SSSR count). The Morgan fingerprint density at radius 3 is 2.47 bits per heavy atom. The minimum Gasteiger partial charge on any atom is -0.492 e. The molecule has 2 fully saturated rings. The molecule has 2 aliphatic rings. The van der Waals surface area contributed by atoms with Crippen LogP contribution in [0.3, 0.4) is 0 Å². The van der Waals surface area contributed by atoms with Crippen LogP contribution >= 0.6 is 12.4 Å². The zero-order valence-corrected chi connectivity index (χ0v) is 21.4. The van der Waals surface area contributed by atoms with Crippen molar-refractivity contribution in [1.29, 1.82) is 0 Å². The number of methoxy groups -OCH3 is 1. The highest BCUT2D eigenvalue weighted by molar-refractivity contribution is 5.97. The van der Waals surface area contributed by atoms with E-state index < -0.39 is 17.2 Å². The first-order valence-electron chi connectivity index (χ1n) is 12.0. The van der Waals surface area contributed by atoms with Crippen LogP contribution in [0.2, 0.25) is 0 Å². The van der Waals surface area contributed by atoms with E-state index in [0.29, 0.717) is 24.3 Å². The van der Waals surface area contributed by atoms with Gasteiger partial charge in [0.2, 0.25) is 5.43 Å². The lowest BCUT2D eigenvalue weighted by Gasteiger charge is -2.46. The number of hydrogen-bond acceptors (Lipinski definition) is 5. The van der Waals surface area contributed by atoms with Gasteiger partial charge >= 0.3 is 5.97 Å². The molecule has 0 bridgehead atoms. The lowest BCUT2D eigenvalue weighted by molar-refractivity contribution is 0.0694. The van der Waals surface area contributed by atoms with Crippen LogP contribution in [0.15, 0.2) is 47.4 Å². The molecule has 0 spiro atoms. The second kappa shape index (κ2) is 9.65. The fourth-order valence-electron chi connectivity index (χ4n) is 5.27. The Labute approximate surface area is 215 Å². The van der Waals surface area contributed by atoms with E-state index in [1.807, 2.05) is 35.2 Å². The summed E-state index contributed by atoms with van der Waals surface area (Å²) in [5.74, 6) is -1.61. The van der Waals surface area contributed by atoms with Crippen LogP contribution in [-0.4, -0.2) is 41.9 Å². The summed E-state index contributed by atoms with van der Waals surface area (Å²) in [5.41, 5.74) is 0.596. The Morgan fingerprint density at radius 2 is 1.89 bits per heavy atom. The quantitative estimate of drug-likeness (QED) is 0.462. The molecule has 3 aromatic rings. The van der Waals surface area contributed by atoms with Gasteiger partial charge in [0.25, 0.3) is 0 Å². The zero-order valence-electron chi connectivity index (χ0n) is 20.6. The van der Waals surface area contributed by atoms with Gasteiger partial charge in [-0.2, -0.15) is 0 Å². The molecule has 1 saturated heterocycles. The molecule has 2 N–H and O–H groups in total. The number of hydrogen-bond donors (Lipinski definition) is 2. The van der Waals surface area contributed by atoms with Crippen molar-refractivity contribution in [2.45, 2.75) is 45.2 Å². The number of halogens is 2. The summed E-state index contributed by atoms with van der Waals surface area (Å²) in [4.78, 5) is 26.6. The molecular weight excluding hydrogens is 485 g/mol. The van der Waals surface area contributed by atoms with Crippen LogP contribution in [0, 0.1) is 11.2 Å². The average molecular weight is 516 g/mol. The normalized spacial score (nSPS) is 19.0. The third kappa shape index (κ3) is 4.50. The number of carboxylic acids is 1. The van der Waals surface area contributed by atoms with Gasteiger partial charge in [-0.3, -0.25) is 4.79 Å². The fourth-order valence-corrected chi connectivity index (χ4v) is 5.27. The highest BCUT2D eigenvalue weighted by Crippen LogP contribution is 2.45. The maximum atomic E-state index is 15.7. The smallest absolute Gasteiger partial charge is 0.341 e. The summed E-state index contributed by atoms with van der Waals surface area (Å²) in [6, 6.07) is 11.5. The van der Waals surface area contributed by atoms with E-state index in [0.717, 1.165) is 24.9 Å². The molecule has 7 nitrogen and oxygen atoms in total. The van der Waals surface area contributed by atoms with Gasteiger partial charge in [0, 0.05) is 42.5 Å². The molecule has 36 heavy (non-hydrogen) atoms. The van der Waals surface area contributed by atoms with E-state index in [9.17, 15) is 14.7 Å². The van der Waals surface area contributed by atoms with Crippen molar-refractivity contribution in [2.24, 2.45) is 5.41 Å². The van der Waals surface area contributed by atoms with Crippen molar-refractivity contribution in [1.82, 2.24) is 4.57 Å². The number of ether oxygens (including phenoxy) is 1. The summed E-state index contributed by atoms with van der Waals surface area (Å²) in [7, 11) is 1.47. The largest absolute Gasteiger partial charge is 0.492 e. The van der Waals surface area contributed by atoms with Gasteiger partial charge in [-0.15, -0.1) is 12.4 Å². The molecule has 1 atom stereocenters. The van der Waals surface area contributed by atoms with E-state index in [1.165, 1.54) is 19.4 Å². The monoisotopic (exact) mass is 515 g/mol. The third-order valence-electron chi connectivity index (χ3n) is 7.23. The van der Waals surface area contributed by atoms with Crippen LogP contribution in [0.1, 0.15) is 49.5 Å². The number of carboxylic acid groups (broad SMARTS) is 1. The van der Waals surface area contributed by atoms with Gasteiger partial charge in [-0.1, -0.05) is 32.0 Å². The summed E-state index contributed by atoms with van der Waals surface area (Å²) in [6.45, 7) is 5.50. The molecule has 192 valence electrons. The highest BCUT2D eigenvalue weighted by Gasteiger charge is 2.39. The highest BCUT2D eigenvalue weighted by atomic mass is 35.5. The number of nitrogens with zero attached hydrogens (tertiary/aromatic N) is 2. The Hall–Kier alpha value is -3.26. The molecule has 1 unspecified atom stereocenters. The third-order valence-corrected chi connectivity index (χ3v) is 7.23. The Morgan fingerprint density at radius 1 is 1.19 bits per heavy atom. The number of nitrogens with one attached hydrogen (secondary N) is 1. The maximum absolute atomic E-state index is 15.7. The lowest BCUT2D eigenvalue weighted by Crippen LogP contribution is -2.52. The van der Waals surface area contributed by atoms with Crippen LogP contribution < -0.4 is 20.4 Å². The topological polar surface area (TPSA) is 83.8 Å².